The van der Waals surface area contributed by atoms with Crippen LogP contribution in [0.25, 0.3) is 0 Å². The van der Waals surface area contributed by atoms with Crippen molar-refractivity contribution in [2.45, 2.75) is 40.5 Å². The number of aryl methyl sites for hydroxylation is 5. The quantitative estimate of drug-likeness (QED) is 0.731. The summed E-state index contributed by atoms with van der Waals surface area (Å²) in [6, 6.07) is 12.5. The molecule has 2 rings (SSSR count). The van der Waals surface area contributed by atoms with Gasteiger partial charge in [0.25, 0.3) is 0 Å². The molecule has 0 aliphatic carbocycles. The summed E-state index contributed by atoms with van der Waals surface area (Å²) in [5, 5.41) is 0. The molecule has 0 spiro atoms. The fourth-order valence-electron chi connectivity index (χ4n) is 2.53. The van der Waals surface area contributed by atoms with E-state index in [0.29, 0.717) is 6.42 Å². The second kappa shape index (κ2) is 6.04. The number of benzene rings is 2. The molecule has 1 heteroatoms. The molecule has 0 heterocycles. The van der Waals surface area contributed by atoms with E-state index in [4.69, 9.17) is 0 Å². The Morgan fingerprint density at radius 2 is 1.50 bits per heavy atom. The van der Waals surface area contributed by atoms with Crippen molar-refractivity contribution in [2.75, 3.05) is 0 Å². The first kappa shape index (κ1) is 14.5. The Morgan fingerprint density at radius 1 is 0.850 bits per heavy atom. The molecule has 0 aliphatic heterocycles. The van der Waals surface area contributed by atoms with Crippen LogP contribution in [0.15, 0.2) is 36.4 Å². The summed E-state index contributed by atoms with van der Waals surface area (Å²) in [4.78, 5) is 12.3. The van der Waals surface area contributed by atoms with Gasteiger partial charge in [-0.2, -0.15) is 0 Å². The zero-order valence-corrected chi connectivity index (χ0v) is 12.8. The third kappa shape index (κ3) is 3.57. The minimum absolute atomic E-state index is 0.229. The van der Waals surface area contributed by atoms with Gasteiger partial charge in [0.2, 0.25) is 0 Å². The highest BCUT2D eigenvalue weighted by Gasteiger charge is 2.07. The highest BCUT2D eigenvalue weighted by atomic mass is 16.1. The summed E-state index contributed by atoms with van der Waals surface area (Å²) in [5.74, 6) is 0.229. The first-order valence-electron chi connectivity index (χ1n) is 7.13. The average Bonchev–Trinajstić information content (AvgIpc) is 2.38. The van der Waals surface area contributed by atoms with Crippen LogP contribution in [0.5, 0.6) is 0 Å². The lowest BCUT2D eigenvalue weighted by molar-refractivity contribution is 0.0982. The fourth-order valence-corrected chi connectivity index (χ4v) is 2.53. The van der Waals surface area contributed by atoms with Crippen molar-refractivity contribution >= 4 is 5.78 Å². The van der Waals surface area contributed by atoms with Gasteiger partial charge >= 0.3 is 0 Å². The van der Waals surface area contributed by atoms with E-state index >= 15 is 0 Å². The Hall–Kier alpha value is -1.89. The summed E-state index contributed by atoms with van der Waals surface area (Å²) in [6.45, 7) is 8.32. The molecule has 0 saturated heterocycles. The molecule has 20 heavy (non-hydrogen) atoms. The van der Waals surface area contributed by atoms with Crippen molar-refractivity contribution in [3.8, 4) is 0 Å². The first-order valence-corrected chi connectivity index (χ1v) is 7.13. The summed E-state index contributed by atoms with van der Waals surface area (Å²) in [7, 11) is 0. The largest absolute Gasteiger partial charge is 0.294 e. The Balaban J connectivity index is 2.06. The van der Waals surface area contributed by atoms with Crippen molar-refractivity contribution in [2.24, 2.45) is 0 Å². The van der Waals surface area contributed by atoms with E-state index < -0.39 is 0 Å². The molecule has 0 saturated carbocycles. The van der Waals surface area contributed by atoms with Gasteiger partial charge in [0.15, 0.2) is 5.78 Å². The molecule has 0 fully saturated rings. The van der Waals surface area contributed by atoms with Crippen molar-refractivity contribution < 1.29 is 4.79 Å². The third-order valence-corrected chi connectivity index (χ3v) is 3.75. The Labute approximate surface area is 121 Å². The third-order valence-electron chi connectivity index (χ3n) is 3.75. The minimum Gasteiger partial charge on any atom is -0.294 e. The molecule has 0 amide bonds. The molecule has 104 valence electrons. The number of hydrogen-bond acceptors (Lipinski definition) is 1. The lowest BCUT2D eigenvalue weighted by Crippen LogP contribution is -2.02. The Morgan fingerprint density at radius 3 is 2.10 bits per heavy atom. The second-order valence-corrected chi connectivity index (χ2v) is 5.72. The zero-order chi connectivity index (χ0) is 14.7. The lowest BCUT2D eigenvalue weighted by Gasteiger charge is -2.06. The highest BCUT2D eigenvalue weighted by Crippen LogP contribution is 2.15. The van der Waals surface area contributed by atoms with Gasteiger partial charge in [-0.3, -0.25) is 4.79 Å². The van der Waals surface area contributed by atoms with Crippen molar-refractivity contribution in [3.05, 3.63) is 69.8 Å². The highest BCUT2D eigenvalue weighted by molar-refractivity contribution is 5.96. The predicted octanol–water partition coefficient (Wildman–Crippen LogP) is 4.74. The molecule has 2 aromatic carbocycles. The first-order chi connectivity index (χ1) is 9.45. The van der Waals surface area contributed by atoms with Gasteiger partial charge in [-0.05, 0) is 56.9 Å². The molecule has 1 nitrogen and oxygen atoms in total. The maximum Gasteiger partial charge on any atom is 0.163 e. The molecule has 0 bridgehead atoms. The van der Waals surface area contributed by atoms with Gasteiger partial charge in [0, 0.05) is 12.0 Å². The van der Waals surface area contributed by atoms with Crippen LogP contribution < -0.4 is 0 Å². The van der Waals surface area contributed by atoms with E-state index in [1.54, 1.807) is 0 Å². The molecule has 0 radical (unpaired) electrons. The SMILES string of the molecule is Cc1cc(C)cc(CCC(=O)c2ccc(C)c(C)c2)c1. The molecule has 2 aromatic rings. The Kier molecular flexibility index (Phi) is 4.39. The standard InChI is InChI=1S/C19H22O/c1-13-9-14(2)11-17(10-13)6-8-19(20)18-7-5-15(3)16(4)12-18/h5,7,9-12H,6,8H2,1-4H3. The van der Waals surface area contributed by atoms with Crippen molar-refractivity contribution in [1.29, 1.82) is 0 Å². The minimum atomic E-state index is 0.229. The van der Waals surface area contributed by atoms with E-state index in [2.05, 4.69) is 45.9 Å². The molecule has 0 N–H and O–H groups in total. The summed E-state index contributed by atoms with van der Waals surface area (Å²) in [5.41, 5.74) is 7.02. The number of rotatable bonds is 4. The zero-order valence-electron chi connectivity index (χ0n) is 12.8. The van der Waals surface area contributed by atoms with Crippen LogP contribution in [0.1, 0.15) is 44.6 Å². The molecular formula is C19H22O. The maximum atomic E-state index is 12.3. The number of ketones is 1. The maximum absolute atomic E-state index is 12.3. The van der Waals surface area contributed by atoms with Crippen LogP contribution >= 0.6 is 0 Å². The van der Waals surface area contributed by atoms with Crippen LogP contribution in [0, 0.1) is 27.7 Å². The predicted molar refractivity (Wildman–Crippen MR) is 84.5 cm³/mol. The molecule has 0 aromatic heterocycles. The van der Waals surface area contributed by atoms with Crippen LogP contribution in [-0.2, 0) is 6.42 Å². The number of hydrogen-bond donors (Lipinski definition) is 0. The topological polar surface area (TPSA) is 17.1 Å². The average molecular weight is 266 g/mol. The summed E-state index contributed by atoms with van der Waals surface area (Å²) in [6.07, 6.45) is 1.39. The van der Waals surface area contributed by atoms with Gasteiger partial charge in [-0.15, -0.1) is 0 Å². The van der Waals surface area contributed by atoms with Gasteiger partial charge in [0.05, 0.1) is 0 Å². The number of carbonyl (C=O) groups excluding carboxylic acids is 1. The smallest absolute Gasteiger partial charge is 0.163 e. The number of Topliss-reactive ketones (excluding diaryl/α,β-unsaturated/α-hetero) is 1. The van der Waals surface area contributed by atoms with E-state index in [1.165, 1.54) is 27.8 Å². The normalized spacial score (nSPS) is 10.6. The molecule has 0 atom stereocenters. The molecule has 0 aliphatic rings. The second-order valence-electron chi connectivity index (χ2n) is 5.72. The van der Waals surface area contributed by atoms with E-state index in [-0.39, 0.29) is 5.78 Å². The van der Waals surface area contributed by atoms with Crippen LogP contribution in [0.2, 0.25) is 0 Å². The van der Waals surface area contributed by atoms with E-state index in [9.17, 15) is 4.79 Å². The van der Waals surface area contributed by atoms with E-state index in [1.807, 2.05) is 18.2 Å². The monoisotopic (exact) mass is 266 g/mol. The van der Waals surface area contributed by atoms with Crippen LogP contribution in [-0.4, -0.2) is 5.78 Å². The van der Waals surface area contributed by atoms with Crippen LogP contribution in [0.3, 0.4) is 0 Å². The molecular weight excluding hydrogens is 244 g/mol. The van der Waals surface area contributed by atoms with Gasteiger partial charge in [-0.25, -0.2) is 0 Å². The Bertz CT molecular complexity index is 618. The van der Waals surface area contributed by atoms with Crippen LogP contribution in [0.4, 0.5) is 0 Å². The summed E-state index contributed by atoms with van der Waals surface area (Å²) < 4.78 is 0. The van der Waals surface area contributed by atoms with Gasteiger partial charge in [0.1, 0.15) is 0 Å². The van der Waals surface area contributed by atoms with Gasteiger partial charge < -0.3 is 0 Å². The lowest BCUT2D eigenvalue weighted by atomic mass is 9.98. The fraction of sp³-hybridized carbons (Fsp3) is 0.316. The molecule has 0 unspecified atom stereocenters. The van der Waals surface area contributed by atoms with Crippen molar-refractivity contribution in [3.63, 3.8) is 0 Å². The number of carbonyl (C=O) groups is 1. The van der Waals surface area contributed by atoms with Gasteiger partial charge in [-0.1, -0.05) is 41.5 Å². The summed E-state index contributed by atoms with van der Waals surface area (Å²) >= 11 is 0. The van der Waals surface area contributed by atoms with E-state index in [0.717, 1.165) is 12.0 Å². The van der Waals surface area contributed by atoms with Crippen molar-refractivity contribution in [1.82, 2.24) is 0 Å².